The van der Waals surface area contributed by atoms with Crippen LogP contribution in [0.2, 0.25) is 0 Å². The van der Waals surface area contributed by atoms with Crippen LogP contribution in [-0.4, -0.2) is 5.37 Å². The lowest BCUT2D eigenvalue weighted by Gasteiger charge is -2.01. The van der Waals surface area contributed by atoms with Crippen LogP contribution in [0.5, 0.6) is 0 Å². The Morgan fingerprint density at radius 3 is 2.42 bits per heavy atom. The topological polar surface area (TPSA) is 29.4 Å². The molecule has 0 heterocycles. The Morgan fingerprint density at radius 2 is 1.92 bits per heavy atom. The quantitative estimate of drug-likeness (QED) is 0.529. The normalized spacial score (nSPS) is 12.5. The first-order chi connectivity index (χ1) is 5.72. The monoisotopic (exact) mass is 181 g/mol. The molecule has 3 heteroatoms. The molecule has 0 radical (unpaired) electrons. The summed E-state index contributed by atoms with van der Waals surface area (Å²) in [6, 6.07) is 8.06. The number of aryl methyl sites for hydroxylation is 1. The van der Waals surface area contributed by atoms with Gasteiger partial charge < -0.3 is 0 Å². The van der Waals surface area contributed by atoms with E-state index in [1.54, 1.807) is 6.92 Å². The zero-order valence-corrected chi connectivity index (χ0v) is 7.97. The summed E-state index contributed by atoms with van der Waals surface area (Å²) >= 11 is 1.47. The Kier molecular flexibility index (Phi) is 3.29. The van der Waals surface area contributed by atoms with E-state index in [2.05, 4.69) is 5.18 Å². The summed E-state index contributed by atoms with van der Waals surface area (Å²) in [6.45, 7) is 3.83. The molecule has 0 aliphatic heterocycles. The molecule has 1 atom stereocenters. The van der Waals surface area contributed by atoms with Crippen LogP contribution in [0.25, 0.3) is 0 Å². The van der Waals surface area contributed by atoms with E-state index in [0.29, 0.717) is 0 Å². The van der Waals surface area contributed by atoms with Crippen molar-refractivity contribution in [1.82, 2.24) is 0 Å². The molecule has 0 aliphatic carbocycles. The maximum Gasteiger partial charge on any atom is 0.139 e. The summed E-state index contributed by atoms with van der Waals surface area (Å²) in [7, 11) is 0. The van der Waals surface area contributed by atoms with E-state index in [1.165, 1.54) is 17.3 Å². The summed E-state index contributed by atoms with van der Waals surface area (Å²) in [5, 5.41) is 2.72. The van der Waals surface area contributed by atoms with Gasteiger partial charge in [0.05, 0.1) is 0 Å². The first kappa shape index (κ1) is 9.26. The standard InChI is InChI=1S/C9H11NOS/c1-7-3-5-9(6-4-7)12-8(2)10-11/h3-6,8H,1-2H3. The molecule has 2 nitrogen and oxygen atoms in total. The van der Waals surface area contributed by atoms with E-state index in [-0.39, 0.29) is 5.37 Å². The summed E-state index contributed by atoms with van der Waals surface area (Å²) < 4.78 is 0. The lowest BCUT2D eigenvalue weighted by molar-refractivity contribution is 1.03. The van der Waals surface area contributed by atoms with Crippen molar-refractivity contribution in [2.45, 2.75) is 24.1 Å². The molecule has 12 heavy (non-hydrogen) atoms. The van der Waals surface area contributed by atoms with Gasteiger partial charge in [0.1, 0.15) is 5.37 Å². The van der Waals surface area contributed by atoms with Crippen molar-refractivity contribution >= 4 is 11.8 Å². The summed E-state index contributed by atoms with van der Waals surface area (Å²) in [5.41, 5.74) is 1.23. The first-order valence-corrected chi connectivity index (χ1v) is 4.66. The van der Waals surface area contributed by atoms with Crippen LogP contribution in [0, 0.1) is 11.8 Å². The Hall–Kier alpha value is -0.830. The van der Waals surface area contributed by atoms with Gasteiger partial charge in [-0.3, -0.25) is 0 Å². The maximum absolute atomic E-state index is 10.1. The molecule has 0 aromatic heterocycles. The molecule has 0 N–H and O–H groups in total. The van der Waals surface area contributed by atoms with Gasteiger partial charge in [-0.2, -0.15) is 0 Å². The third-order valence-corrected chi connectivity index (χ3v) is 2.45. The van der Waals surface area contributed by atoms with Crippen molar-refractivity contribution in [3.05, 3.63) is 34.7 Å². The van der Waals surface area contributed by atoms with E-state index in [9.17, 15) is 4.91 Å². The van der Waals surface area contributed by atoms with E-state index < -0.39 is 0 Å². The summed E-state index contributed by atoms with van der Waals surface area (Å²) in [6.07, 6.45) is 0. The minimum absolute atomic E-state index is 0.201. The van der Waals surface area contributed by atoms with Crippen molar-refractivity contribution in [3.8, 4) is 0 Å². The number of benzene rings is 1. The fourth-order valence-corrected chi connectivity index (χ4v) is 1.57. The summed E-state index contributed by atoms with van der Waals surface area (Å²) in [5.74, 6) is 0. The molecule has 64 valence electrons. The lowest BCUT2D eigenvalue weighted by Crippen LogP contribution is -1.87. The molecule has 0 aliphatic rings. The van der Waals surface area contributed by atoms with E-state index in [0.717, 1.165) is 4.90 Å². The second-order valence-electron chi connectivity index (χ2n) is 2.64. The highest BCUT2D eigenvalue weighted by Gasteiger charge is 2.01. The van der Waals surface area contributed by atoms with Crippen LogP contribution in [-0.2, 0) is 0 Å². The molecule has 0 saturated heterocycles. The smallest absolute Gasteiger partial charge is 0.139 e. The van der Waals surface area contributed by atoms with Gasteiger partial charge in [0, 0.05) is 4.90 Å². The zero-order chi connectivity index (χ0) is 8.97. The Morgan fingerprint density at radius 1 is 1.33 bits per heavy atom. The van der Waals surface area contributed by atoms with E-state index in [4.69, 9.17) is 0 Å². The van der Waals surface area contributed by atoms with Crippen molar-refractivity contribution in [3.63, 3.8) is 0 Å². The van der Waals surface area contributed by atoms with Gasteiger partial charge in [-0.1, -0.05) is 34.6 Å². The predicted molar refractivity (Wildman–Crippen MR) is 52.3 cm³/mol. The fraction of sp³-hybridized carbons (Fsp3) is 0.333. The van der Waals surface area contributed by atoms with Crippen LogP contribution in [0.1, 0.15) is 12.5 Å². The second kappa shape index (κ2) is 4.26. The zero-order valence-electron chi connectivity index (χ0n) is 7.15. The number of thioether (sulfide) groups is 1. The number of hydrogen-bond acceptors (Lipinski definition) is 3. The van der Waals surface area contributed by atoms with Gasteiger partial charge >= 0.3 is 0 Å². The minimum Gasteiger partial charge on any atom is -0.150 e. The SMILES string of the molecule is Cc1ccc(SC(C)N=O)cc1. The van der Waals surface area contributed by atoms with Crippen LogP contribution in [0.15, 0.2) is 34.3 Å². The van der Waals surface area contributed by atoms with Gasteiger partial charge in [-0.15, -0.1) is 4.91 Å². The molecule has 1 rings (SSSR count). The van der Waals surface area contributed by atoms with Crippen molar-refractivity contribution in [2.24, 2.45) is 5.18 Å². The molecule has 0 saturated carbocycles. The van der Waals surface area contributed by atoms with Crippen LogP contribution in [0.3, 0.4) is 0 Å². The summed E-state index contributed by atoms with van der Waals surface area (Å²) in [4.78, 5) is 11.2. The number of nitroso groups, excluding NO2 is 1. The maximum atomic E-state index is 10.1. The average molecular weight is 181 g/mol. The van der Waals surface area contributed by atoms with Gasteiger partial charge in [0.15, 0.2) is 0 Å². The fourth-order valence-electron chi connectivity index (χ4n) is 0.835. The van der Waals surface area contributed by atoms with Gasteiger partial charge in [-0.05, 0) is 26.0 Å². The average Bonchev–Trinajstić information content (AvgIpc) is 2.09. The molecule has 1 unspecified atom stereocenters. The molecular weight excluding hydrogens is 170 g/mol. The number of rotatable bonds is 3. The van der Waals surface area contributed by atoms with E-state index >= 15 is 0 Å². The van der Waals surface area contributed by atoms with Gasteiger partial charge in [-0.25, -0.2) is 0 Å². The largest absolute Gasteiger partial charge is 0.150 e. The van der Waals surface area contributed by atoms with Crippen LogP contribution < -0.4 is 0 Å². The molecular formula is C9H11NOS. The van der Waals surface area contributed by atoms with Crippen LogP contribution >= 0.6 is 11.8 Å². The highest BCUT2D eigenvalue weighted by Crippen LogP contribution is 2.23. The molecule has 0 fully saturated rings. The first-order valence-electron chi connectivity index (χ1n) is 3.78. The van der Waals surface area contributed by atoms with Gasteiger partial charge in [0.2, 0.25) is 0 Å². The highest BCUT2D eigenvalue weighted by molar-refractivity contribution is 7.99. The second-order valence-corrected chi connectivity index (χ2v) is 4.02. The Bertz CT molecular complexity index is 258. The molecule has 0 amide bonds. The number of hydrogen-bond donors (Lipinski definition) is 0. The molecule has 0 bridgehead atoms. The Balaban J connectivity index is 2.64. The number of nitrogens with zero attached hydrogens (tertiary/aromatic N) is 1. The Labute approximate surface area is 76.3 Å². The predicted octanol–water partition coefficient (Wildman–Crippen LogP) is 3.20. The van der Waals surface area contributed by atoms with Gasteiger partial charge in [0.25, 0.3) is 0 Å². The van der Waals surface area contributed by atoms with Crippen molar-refractivity contribution in [1.29, 1.82) is 0 Å². The highest BCUT2D eigenvalue weighted by atomic mass is 32.2. The van der Waals surface area contributed by atoms with Crippen molar-refractivity contribution < 1.29 is 0 Å². The molecule has 1 aromatic rings. The lowest BCUT2D eigenvalue weighted by atomic mass is 10.2. The third kappa shape index (κ3) is 2.66. The van der Waals surface area contributed by atoms with Crippen LogP contribution in [0.4, 0.5) is 0 Å². The minimum atomic E-state index is -0.201. The molecule has 0 spiro atoms. The van der Waals surface area contributed by atoms with E-state index in [1.807, 2.05) is 31.2 Å². The molecule has 1 aromatic carbocycles. The third-order valence-electron chi connectivity index (χ3n) is 1.48. The van der Waals surface area contributed by atoms with Crippen molar-refractivity contribution in [2.75, 3.05) is 0 Å².